The number of sulfone groups is 1. The van der Waals surface area contributed by atoms with E-state index in [1.54, 1.807) is 18.2 Å². The van der Waals surface area contributed by atoms with Crippen molar-refractivity contribution in [1.82, 2.24) is 9.97 Å². The number of nitrogens with zero attached hydrogens (tertiary/aromatic N) is 2. The van der Waals surface area contributed by atoms with E-state index in [1.165, 1.54) is 23.6 Å². The van der Waals surface area contributed by atoms with E-state index >= 15 is 0 Å². The number of aromatic nitrogens is 2. The van der Waals surface area contributed by atoms with Gasteiger partial charge in [-0.2, -0.15) is 4.98 Å². The molecule has 21 heavy (non-hydrogen) atoms. The third-order valence-corrected chi connectivity index (χ3v) is 4.97. The van der Waals surface area contributed by atoms with E-state index in [2.05, 4.69) is 9.97 Å². The van der Waals surface area contributed by atoms with E-state index in [0.717, 1.165) is 11.0 Å². The molecule has 0 unspecified atom stereocenters. The zero-order valence-corrected chi connectivity index (χ0v) is 12.6. The van der Waals surface area contributed by atoms with E-state index in [-0.39, 0.29) is 10.6 Å². The third-order valence-electron chi connectivity index (χ3n) is 2.89. The van der Waals surface area contributed by atoms with E-state index in [1.807, 2.05) is 12.1 Å². The highest BCUT2D eigenvalue weighted by Crippen LogP contribution is 2.26. The molecule has 1 aromatic carbocycles. The Balaban J connectivity index is 2.24. The van der Waals surface area contributed by atoms with Gasteiger partial charge in [-0.1, -0.05) is 12.1 Å². The molecule has 0 N–H and O–H groups in total. The molecule has 0 aliphatic heterocycles. The quantitative estimate of drug-likeness (QED) is 0.723. The van der Waals surface area contributed by atoms with Crippen LogP contribution in [-0.4, -0.2) is 24.6 Å². The van der Waals surface area contributed by atoms with Crippen LogP contribution >= 0.6 is 11.3 Å². The van der Waals surface area contributed by atoms with E-state index in [0.29, 0.717) is 16.0 Å². The Hall–Kier alpha value is -2.12. The lowest BCUT2D eigenvalue weighted by Gasteiger charge is -2.03. The number of hydrogen-bond donors (Lipinski definition) is 0. The zero-order chi connectivity index (χ0) is 15.0. The summed E-state index contributed by atoms with van der Waals surface area (Å²) in [6.07, 6.45) is 2.50. The standard InChI is InChI=1S/C14H10N2O3S2/c1-21(18,19)12-8-9(6-7-15-12)14-16-13(17)10-4-2-3-5-11(10)20-14/h2-8H,1H3. The van der Waals surface area contributed by atoms with E-state index < -0.39 is 9.84 Å². The first-order valence-corrected chi connectivity index (χ1v) is 8.72. The predicted octanol–water partition coefficient (Wildman–Crippen LogP) is 2.12. The van der Waals surface area contributed by atoms with Gasteiger partial charge in [0.1, 0.15) is 5.01 Å². The summed E-state index contributed by atoms with van der Waals surface area (Å²) in [7, 11) is -3.40. The van der Waals surface area contributed by atoms with Gasteiger partial charge >= 0.3 is 0 Å². The highest BCUT2D eigenvalue weighted by molar-refractivity contribution is 7.90. The van der Waals surface area contributed by atoms with Gasteiger partial charge in [0.25, 0.3) is 5.56 Å². The molecule has 0 saturated carbocycles. The van der Waals surface area contributed by atoms with Crippen LogP contribution in [0.3, 0.4) is 0 Å². The summed E-state index contributed by atoms with van der Waals surface area (Å²) in [5.74, 6) is 0. The minimum absolute atomic E-state index is 0.0328. The van der Waals surface area contributed by atoms with Crippen LogP contribution in [0.5, 0.6) is 0 Å². The van der Waals surface area contributed by atoms with Gasteiger partial charge in [-0.3, -0.25) is 4.79 Å². The predicted molar refractivity (Wildman–Crippen MR) is 82.2 cm³/mol. The van der Waals surface area contributed by atoms with Crippen molar-refractivity contribution >= 4 is 31.3 Å². The lowest BCUT2D eigenvalue weighted by Crippen LogP contribution is -2.06. The largest absolute Gasteiger partial charge is 0.279 e. The molecule has 0 radical (unpaired) electrons. The van der Waals surface area contributed by atoms with Crippen LogP contribution in [0, 0.1) is 0 Å². The summed E-state index contributed by atoms with van der Waals surface area (Å²) >= 11 is 1.34. The fraction of sp³-hybridized carbons (Fsp3) is 0.0714. The topological polar surface area (TPSA) is 77.0 Å². The summed E-state index contributed by atoms with van der Waals surface area (Å²) < 4.78 is 23.9. The average Bonchev–Trinajstić information content (AvgIpc) is 2.46. The van der Waals surface area contributed by atoms with Crippen LogP contribution < -0.4 is 5.56 Å². The van der Waals surface area contributed by atoms with Gasteiger partial charge in [0, 0.05) is 22.7 Å². The molecular formula is C14H10N2O3S2. The van der Waals surface area contributed by atoms with E-state index in [9.17, 15) is 13.2 Å². The maximum atomic E-state index is 12.0. The van der Waals surface area contributed by atoms with Crippen molar-refractivity contribution in [1.29, 1.82) is 0 Å². The van der Waals surface area contributed by atoms with Crippen LogP contribution in [0.15, 0.2) is 52.4 Å². The van der Waals surface area contributed by atoms with Crippen LogP contribution in [0.2, 0.25) is 0 Å². The van der Waals surface area contributed by atoms with Crippen molar-refractivity contribution in [2.45, 2.75) is 5.03 Å². The molecule has 7 heteroatoms. The maximum absolute atomic E-state index is 12.0. The molecule has 2 aromatic heterocycles. The van der Waals surface area contributed by atoms with Crippen molar-refractivity contribution in [3.8, 4) is 10.6 Å². The molecule has 106 valence electrons. The third kappa shape index (κ3) is 2.70. The molecule has 0 amide bonds. The normalized spacial score (nSPS) is 11.7. The fourth-order valence-electron chi connectivity index (χ4n) is 1.88. The second-order valence-corrected chi connectivity index (χ2v) is 7.47. The molecule has 3 rings (SSSR count). The summed E-state index contributed by atoms with van der Waals surface area (Å²) in [6.45, 7) is 0. The molecule has 0 aliphatic carbocycles. The molecule has 0 bridgehead atoms. The minimum Gasteiger partial charge on any atom is -0.267 e. The van der Waals surface area contributed by atoms with Crippen LogP contribution in [0.1, 0.15) is 0 Å². The Morgan fingerprint density at radius 3 is 2.67 bits per heavy atom. The molecular weight excluding hydrogens is 308 g/mol. The van der Waals surface area contributed by atoms with Gasteiger partial charge in [-0.05, 0) is 24.3 Å². The number of pyridine rings is 1. The summed E-state index contributed by atoms with van der Waals surface area (Å²) in [5.41, 5.74) is 0.246. The fourth-order valence-corrected chi connectivity index (χ4v) is 3.47. The molecule has 3 aromatic rings. The van der Waals surface area contributed by atoms with Crippen molar-refractivity contribution in [3.63, 3.8) is 0 Å². The highest BCUT2D eigenvalue weighted by atomic mass is 32.2. The Morgan fingerprint density at radius 2 is 1.90 bits per heavy atom. The van der Waals surface area contributed by atoms with Gasteiger partial charge in [0.15, 0.2) is 14.9 Å². The van der Waals surface area contributed by atoms with Gasteiger partial charge in [0.05, 0.1) is 5.39 Å². The van der Waals surface area contributed by atoms with Crippen molar-refractivity contribution in [2.24, 2.45) is 0 Å². The van der Waals surface area contributed by atoms with Gasteiger partial charge in [-0.25, -0.2) is 13.4 Å². The maximum Gasteiger partial charge on any atom is 0.279 e. The van der Waals surface area contributed by atoms with E-state index in [4.69, 9.17) is 0 Å². The molecule has 0 saturated heterocycles. The second kappa shape index (κ2) is 5.01. The lowest BCUT2D eigenvalue weighted by molar-refractivity contribution is 0.598. The summed E-state index contributed by atoms with van der Waals surface area (Å²) in [4.78, 5) is 19.9. The van der Waals surface area contributed by atoms with Crippen LogP contribution in [0.4, 0.5) is 0 Å². The number of fused-ring (bicyclic) bond motifs is 1. The van der Waals surface area contributed by atoms with Crippen LogP contribution in [0.25, 0.3) is 20.7 Å². The highest BCUT2D eigenvalue weighted by Gasteiger charge is 2.12. The average molecular weight is 318 g/mol. The van der Waals surface area contributed by atoms with Gasteiger partial charge < -0.3 is 0 Å². The monoisotopic (exact) mass is 318 g/mol. The van der Waals surface area contributed by atoms with Crippen molar-refractivity contribution < 1.29 is 8.42 Å². The van der Waals surface area contributed by atoms with Gasteiger partial charge in [-0.15, -0.1) is 11.3 Å². The first-order chi connectivity index (χ1) is 9.95. The molecule has 0 aliphatic rings. The molecule has 5 nitrogen and oxygen atoms in total. The summed E-state index contributed by atoms with van der Waals surface area (Å²) in [6, 6.07) is 10.3. The first kappa shape index (κ1) is 13.8. The summed E-state index contributed by atoms with van der Waals surface area (Å²) in [5, 5.41) is 1.00. The molecule has 0 spiro atoms. The second-order valence-electron chi connectivity index (χ2n) is 4.48. The molecule has 2 heterocycles. The first-order valence-electron chi connectivity index (χ1n) is 6.01. The Labute approximate surface area is 124 Å². The van der Waals surface area contributed by atoms with Crippen LogP contribution in [-0.2, 0) is 9.84 Å². The number of hydrogen-bond acceptors (Lipinski definition) is 6. The molecule has 0 atom stereocenters. The number of rotatable bonds is 2. The SMILES string of the molecule is CS(=O)(=O)c1cc(-c2nc(=O)c3ccccc3s2)ccn1. The Kier molecular flexibility index (Phi) is 3.30. The van der Waals surface area contributed by atoms with Crippen molar-refractivity contribution in [2.75, 3.05) is 6.26 Å². The molecule has 0 fully saturated rings. The van der Waals surface area contributed by atoms with Crippen molar-refractivity contribution in [3.05, 3.63) is 52.9 Å². The Bertz CT molecular complexity index is 994. The smallest absolute Gasteiger partial charge is 0.267 e. The number of benzene rings is 1. The minimum atomic E-state index is -3.40. The van der Waals surface area contributed by atoms with Gasteiger partial charge in [0.2, 0.25) is 0 Å². The zero-order valence-electron chi connectivity index (χ0n) is 11.0. The Morgan fingerprint density at radius 1 is 1.14 bits per heavy atom. The lowest BCUT2D eigenvalue weighted by atomic mass is 10.2.